The second-order valence-corrected chi connectivity index (χ2v) is 2.68. The van der Waals surface area contributed by atoms with Gasteiger partial charge in [0.1, 0.15) is 0 Å². The van der Waals surface area contributed by atoms with Crippen molar-refractivity contribution in [1.29, 1.82) is 0 Å². The number of methoxy groups -OCH3 is 1. The van der Waals surface area contributed by atoms with Crippen molar-refractivity contribution in [2.24, 2.45) is 0 Å². The van der Waals surface area contributed by atoms with Gasteiger partial charge in [-0.1, -0.05) is 18.2 Å². The summed E-state index contributed by atoms with van der Waals surface area (Å²) < 4.78 is 4.88. The van der Waals surface area contributed by atoms with E-state index in [0.717, 1.165) is 5.69 Å². The van der Waals surface area contributed by atoms with Crippen molar-refractivity contribution in [1.82, 2.24) is 0 Å². The van der Waals surface area contributed by atoms with E-state index in [-0.39, 0.29) is 5.91 Å². The van der Waals surface area contributed by atoms with Gasteiger partial charge in [0.15, 0.2) is 5.76 Å². The molecule has 0 heterocycles. The first-order chi connectivity index (χ1) is 6.77. The number of ether oxygens (including phenoxy) is 1. The lowest BCUT2D eigenvalue weighted by Gasteiger charge is -2.06. The topological polar surface area (TPSA) is 38.3 Å². The zero-order valence-corrected chi connectivity index (χ0v) is 8.28. The van der Waals surface area contributed by atoms with Crippen molar-refractivity contribution >= 4 is 11.6 Å². The van der Waals surface area contributed by atoms with E-state index in [9.17, 15) is 4.79 Å². The first-order valence-corrected chi connectivity index (χ1v) is 4.34. The van der Waals surface area contributed by atoms with Gasteiger partial charge in [-0.05, 0) is 25.1 Å². The highest BCUT2D eigenvalue weighted by Gasteiger charge is 2.07. The molecule has 3 heteroatoms. The second kappa shape index (κ2) is 5.07. The Hall–Kier alpha value is -1.77. The van der Waals surface area contributed by atoms with E-state index in [2.05, 4.69) is 5.32 Å². The molecule has 1 aromatic carbocycles. The molecule has 0 fully saturated rings. The Morgan fingerprint density at radius 3 is 2.50 bits per heavy atom. The van der Waals surface area contributed by atoms with Crippen LogP contribution in [0.2, 0.25) is 0 Å². The van der Waals surface area contributed by atoms with Crippen molar-refractivity contribution in [3.8, 4) is 0 Å². The number of amides is 1. The minimum atomic E-state index is -0.235. The Labute approximate surface area is 83.4 Å². The summed E-state index contributed by atoms with van der Waals surface area (Å²) in [5.74, 6) is 0.0788. The van der Waals surface area contributed by atoms with Crippen molar-refractivity contribution in [3.63, 3.8) is 0 Å². The smallest absolute Gasteiger partial charge is 0.290 e. The maximum Gasteiger partial charge on any atom is 0.290 e. The molecule has 1 N–H and O–H groups in total. The standard InChI is InChI=1S/C11H13NO2/c1-3-10(14-2)11(13)12-9-7-5-4-6-8-9/h3-8H,1-2H3,(H,12,13)/b10-3+. The van der Waals surface area contributed by atoms with Gasteiger partial charge in [-0.25, -0.2) is 0 Å². The molecule has 1 rings (SSSR count). The summed E-state index contributed by atoms with van der Waals surface area (Å²) in [7, 11) is 1.47. The van der Waals surface area contributed by atoms with Crippen LogP contribution in [0.1, 0.15) is 6.92 Å². The zero-order valence-electron chi connectivity index (χ0n) is 8.28. The number of nitrogens with one attached hydrogen (secondary N) is 1. The van der Waals surface area contributed by atoms with Crippen molar-refractivity contribution in [2.75, 3.05) is 12.4 Å². The number of carbonyl (C=O) groups is 1. The van der Waals surface area contributed by atoms with Gasteiger partial charge in [-0.2, -0.15) is 0 Å². The number of rotatable bonds is 3. The molecule has 0 aliphatic rings. The van der Waals surface area contributed by atoms with E-state index in [1.54, 1.807) is 13.0 Å². The number of hydrogen-bond acceptors (Lipinski definition) is 2. The number of benzene rings is 1. The number of allylic oxidation sites excluding steroid dienone is 1. The third-order valence-electron chi connectivity index (χ3n) is 1.74. The zero-order chi connectivity index (χ0) is 10.4. The normalized spacial score (nSPS) is 10.9. The number of carbonyl (C=O) groups excluding carboxylic acids is 1. The van der Waals surface area contributed by atoms with Crippen LogP contribution in [0.5, 0.6) is 0 Å². The van der Waals surface area contributed by atoms with Crippen LogP contribution in [0.15, 0.2) is 42.2 Å². The fraction of sp³-hybridized carbons (Fsp3) is 0.182. The van der Waals surface area contributed by atoms with E-state index in [0.29, 0.717) is 5.76 Å². The molecule has 0 bridgehead atoms. The quantitative estimate of drug-likeness (QED) is 0.587. The lowest BCUT2D eigenvalue weighted by atomic mass is 10.3. The Bertz CT molecular complexity index is 330. The summed E-state index contributed by atoms with van der Waals surface area (Å²) in [6.45, 7) is 1.75. The predicted octanol–water partition coefficient (Wildman–Crippen LogP) is 2.18. The van der Waals surface area contributed by atoms with E-state index in [4.69, 9.17) is 4.74 Å². The average Bonchev–Trinajstić information content (AvgIpc) is 2.21. The summed E-state index contributed by atoms with van der Waals surface area (Å²) in [5, 5.41) is 2.71. The van der Waals surface area contributed by atoms with Crippen LogP contribution in [0, 0.1) is 0 Å². The molecular weight excluding hydrogens is 178 g/mol. The van der Waals surface area contributed by atoms with Gasteiger partial charge in [0.2, 0.25) is 0 Å². The minimum Gasteiger partial charge on any atom is -0.491 e. The van der Waals surface area contributed by atoms with E-state index in [1.165, 1.54) is 7.11 Å². The molecule has 0 radical (unpaired) electrons. The third kappa shape index (κ3) is 2.62. The van der Waals surface area contributed by atoms with Crippen molar-refractivity contribution in [3.05, 3.63) is 42.2 Å². The molecule has 1 amide bonds. The van der Waals surface area contributed by atoms with Crippen LogP contribution >= 0.6 is 0 Å². The molecule has 0 spiro atoms. The first kappa shape index (κ1) is 10.3. The highest BCUT2D eigenvalue weighted by atomic mass is 16.5. The van der Waals surface area contributed by atoms with Crippen LogP contribution < -0.4 is 5.32 Å². The van der Waals surface area contributed by atoms with Crippen molar-refractivity contribution < 1.29 is 9.53 Å². The minimum absolute atomic E-state index is 0.235. The van der Waals surface area contributed by atoms with Crippen molar-refractivity contribution in [2.45, 2.75) is 6.92 Å². The van der Waals surface area contributed by atoms with Gasteiger partial charge < -0.3 is 10.1 Å². The van der Waals surface area contributed by atoms with Crippen LogP contribution in [-0.4, -0.2) is 13.0 Å². The van der Waals surface area contributed by atoms with E-state index in [1.807, 2.05) is 30.3 Å². The van der Waals surface area contributed by atoms with Gasteiger partial charge in [-0.3, -0.25) is 4.79 Å². The third-order valence-corrected chi connectivity index (χ3v) is 1.74. The first-order valence-electron chi connectivity index (χ1n) is 4.34. The Morgan fingerprint density at radius 1 is 1.36 bits per heavy atom. The summed E-state index contributed by atoms with van der Waals surface area (Å²) in [5.41, 5.74) is 0.758. The molecule has 0 saturated carbocycles. The van der Waals surface area contributed by atoms with Crippen LogP contribution in [0.25, 0.3) is 0 Å². The van der Waals surface area contributed by atoms with E-state index < -0.39 is 0 Å². The monoisotopic (exact) mass is 191 g/mol. The van der Waals surface area contributed by atoms with Crippen LogP contribution in [-0.2, 0) is 9.53 Å². The number of hydrogen-bond donors (Lipinski definition) is 1. The van der Waals surface area contributed by atoms with E-state index >= 15 is 0 Å². The summed E-state index contributed by atoms with van der Waals surface area (Å²) >= 11 is 0. The average molecular weight is 191 g/mol. The molecule has 14 heavy (non-hydrogen) atoms. The molecule has 0 aromatic heterocycles. The lowest BCUT2D eigenvalue weighted by Crippen LogP contribution is -2.15. The maximum atomic E-state index is 11.5. The van der Waals surface area contributed by atoms with Gasteiger partial charge in [-0.15, -0.1) is 0 Å². The molecular formula is C11H13NO2. The molecule has 74 valence electrons. The SMILES string of the molecule is C/C=C(/OC)C(=O)Nc1ccccc1. The fourth-order valence-corrected chi connectivity index (χ4v) is 1.06. The molecule has 0 unspecified atom stereocenters. The molecule has 0 aliphatic heterocycles. The molecule has 3 nitrogen and oxygen atoms in total. The fourth-order valence-electron chi connectivity index (χ4n) is 1.06. The summed E-state index contributed by atoms with van der Waals surface area (Å²) in [6.07, 6.45) is 1.62. The predicted molar refractivity (Wildman–Crippen MR) is 55.8 cm³/mol. The second-order valence-electron chi connectivity index (χ2n) is 2.68. The highest BCUT2D eigenvalue weighted by molar-refractivity contribution is 6.02. The van der Waals surface area contributed by atoms with Crippen LogP contribution in [0.3, 0.4) is 0 Å². The Kier molecular flexibility index (Phi) is 3.73. The van der Waals surface area contributed by atoms with Gasteiger partial charge in [0.05, 0.1) is 7.11 Å². The molecule has 0 atom stereocenters. The molecule has 1 aromatic rings. The molecule has 0 aliphatic carbocycles. The Morgan fingerprint density at radius 2 is 2.00 bits per heavy atom. The van der Waals surface area contributed by atoms with Gasteiger partial charge in [0.25, 0.3) is 5.91 Å². The summed E-state index contributed by atoms with van der Waals surface area (Å²) in [4.78, 5) is 11.5. The van der Waals surface area contributed by atoms with Crippen LogP contribution in [0.4, 0.5) is 5.69 Å². The number of para-hydroxylation sites is 1. The number of anilines is 1. The highest BCUT2D eigenvalue weighted by Crippen LogP contribution is 2.07. The van der Waals surface area contributed by atoms with Gasteiger partial charge >= 0.3 is 0 Å². The molecule has 0 saturated heterocycles. The maximum absolute atomic E-state index is 11.5. The summed E-state index contributed by atoms with van der Waals surface area (Å²) in [6, 6.07) is 9.25. The largest absolute Gasteiger partial charge is 0.491 e. The lowest BCUT2D eigenvalue weighted by molar-refractivity contribution is -0.115. The van der Waals surface area contributed by atoms with Gasteiger partial charge in [0, 0.05) is 5.69 Å². The Balaban J connectivity index is 2.66.